The Morgan fingerprint density at radius 2 is 1.54 bits per heavy atom. The maximum absolute atomic E-state index is 12.9. The van der Waals surface area contributed by atoms with Crippen molar-refractivity contribution in [1.29, 1.82) is 0 Å². The second kappa shape index (κ2) is 10.4. The number of benzene rings is 3. The molecule has 0 radical (unpaired) electrons. The van der Waals surface area contributed by atoms with Gasteiger partial charge in [0.25, 0.3) is 5.91 Å². The van der Waals surface area contributed by atoms with E-state index in [9.17, 15) is 18.0 Å². The van der Waals surface area contributed by atoms with E-state index in [1.54, 1.807) is 0 Å². The van der Waals surface area contributed by atoms with Crippen LogP contribution in [-0.2, 0) is 10.0 Å². The minimum absolute atomic E-state index is 0.00140. The van der Waals surface area contributed by atoms with Gasteiger partial charge in [-0.2, -0.15) is 0 Å². The van der Waals surface area contributed by atoms with E-state index in [0.29, 0.717) is 29.4 Å². The van der Waals surface area contributed by atoms with Gasteiger partial charge in [-0.1, -0.05) is 59.6 Å². The molecule has 3 N–H and O–H groups in total. The minimum atomic E-state index is -3.80. The molecule has 4 rings (SSSR count). The summed E-state index contributed by atoms with van der Waals surface area (Å²) in [5, 5.41) is 1.27. The van der Waals surface area contributed by atoms with Crippen LogP contribution >= 0.6 is 23.2 Å². The molecule has 1 heterocycles. The fourth-order valence-corrected chi connectivity index (χ4v) is 6.05. The molecule has 1 aliphatic heterocycles. The average Bonchev–Trinajstić information content (AvgIpc) is 2.79. The molecule has 1 aliphatic rings. The van der Waals surface area contributed by atoms with Gasteiger partial charge in [0.15, 0.2) is 6.29 Å². The number of nitrogens with zero attached hydrogens (tertiary/aromatic N) is 1. The molecule has 0 saturated carbocycles. The van der Waals surface area contributed by atoms with Crippen molar-refractivity contribution >= 4 is 51.1 Å². The molecule has 7 nitrogen and oxygen atoms in total. The number of anilines is 1. The molecular formula is C25H23Cl2N3O4S. The van der Waals surface area contributed by atoms with Gasteiger partial charge in [-0.05, 0) is 41.5 Å². The van der Waals surface area contributed by atoms with E-state index in [1.807, 2.05) is 48.5 Å². The minimum Gasteiger partial charge on any atom is -0.366 e. The highest BCUT2D eigenvalue weighted by Crippen LogP contribution is 2.36. The highest BCUT2D eigenvalue weighted by molar-refractivity contribution is 7.92. The van der Waals surface area contributed by atoms with Crippen LogP contribution < -0.4 is 10.5 Å². The number of carbonyl (C=O) groups excluding carboxylic acids is 2. The smallest absolute Gasteiger partial charge is 0.251 e. The summed E-state index contributed by atoms with van der Waals surface area (Å²) in [6, 6.07) is 19.4. The summed E-state index contributed by atoms with van der Waals surface area (Å²) in [6.45, 7) is 1.10. The molecule has 0 atom stereocenters. The standard InChI is InChI=1S/C25H23Cl2N3O4S/c26-20-8-4-17(5-9-20)24(18-6-10-21(27)11-7-18)30-12-16(13-30)15-35(33,34)29-22-3-1-2-19(14-31)23(22)25(28)32/h1-11,14,16,24,29H,12-13,15H2,(H2,28,32). The Hall–Kier alpha value is -2.91. The number of nitrogens with one attached hydrogen (secondary N) is 1. The molecule has 0 aliphatic carbocycles. The van der Waals surface area contributed by atoms with Crippen LogP contribution in [0.4, 0.5) is 5.69 Å². The Morgan fingerprint density at radius 3 is 2.03 bits per heavy atom. The van der Waals surface area contributed by atoms with Gasteiger partial charge in [-0.25, -0.2) is 8.42 Å². The lowest BCUT2D eigenvalue weighted by Crippen LogP contribution is -2.51. The Kier molecular flexibility index (Phi) is 7.47. The fraction of sp³-hybridized carbons (Fsp3) is 0.200. The van der Waals surface area contributed by atoms with E-state index >= 15 is 0 Å². The maximum Gasteiger partial charge on any atom is 0.251 e. The van der Waals surface area contributed by atoms with E-state index in [4.69, 9.17) is 28.9 Å². The molecule has 3 aromatic carbocycles. The third-order valence-corrected chi connectivity index (χ3v) is 7.86. The van der Waals surface area contributed by atoms with Crippen LogP contribution in [0.3, 0.4) is 0 Å². The van der Waals surface area contributed by atoms with Crippen LogP contribution in [0.2, 0.25) is 10.0 Å². The topological polar surface area (TPSA) is 110 Å². The normalized spacial score (nSPS) is 14.5. The van der Waals surface area contributed by atoms with E-state index in [2.05, 4.69) is 9.62 Å². The quantitative estimate of drug-likeness (QED) is 0.398. The van der Waals surface area contributed by atoms with Crippen molar-refractivity contribution in [2.45, 2.75) is 6.04 Å². The van der Waals surface area contributed by atoms with Crippen LogP contribution in [0.25, 0.3) is 0 Å². The summed E-state index contributed by atoms with van der Waals surface area (Å²) < 4.78 is 28.2. The van der Waals surface area contributed by atoms with E-state index in [0.717, 1.165) is 11.1 Å². The largest absolute Gasteiger partial charge is 0.366 e. The molecule has 1 saturated heterocycles. The first-order chi connectivity index (χ1) is 16.7. The Balaban J connectivity index is 1.49. The number of likely N-dealkylation sites (tertiary alicyclic amines) is 1. The molecular weight excluding hydrogens is 509 g/mol. The van der Waals surface area contributed by atoms with Gasteiger partial charge < -0.3 is 5.73 Å². The molecule has 0 unspecified atom stereocenters. The number of nitrogens with two attached hydrogens (primary N) is 1. The van der Waals surface area contributed by atoms with Crippen LogP contribution in [0.15, 0.2) is 66.7 Å². The number of sulfonamides is 1. The van der Waals surface area contributed by atoms with Gasteiger partial charge in [0, 0.05) is 34.6 Å². The summed E-state index contributed by atoms with van der Waals surface area (Å²) in [6.07, 6.45) is 0.468. The van der Waals surface area contributed by atoms with Gasteiger partial charge in [0.05, 0.1) is 23.0 Å². The van der Waals surface area contributed by atoms with Crippen molar-refractivity contribution in [2.24, 2.45) is 11.7 Å². The first-order valence-electron chi connectivity index (χ1n) is 10.8. The molecule has 182 valence electrons. The second-order valence-electron chi connectivity index (χ2n) is 8.46. The van der Waals surface area contributed by atoms with Gasteiger partial charge in [-0.15, -0.1) is 0 Å². The number of hydrogen-bond acceptors (Lipinski definition) is 5. The van der Waals surface area contributed by atoms with Gasteiger partial charge in [0.1, 0.15) is 0 Å². The highest BCUT2D eigenvalue weighted by Gasteiger charge is 2.36. The summed E-state index contributed by atoms with van der Waals surface area (Å²) in [5.41, 5.74) is 7.32. The van der Waals surface area contributed by atoms with Crippen molar-refractivity contribution in [3.63, 3.8) is 0 Å². The lowest BCUT2D eigenvalue weighted by atomic mass is 9.91. The van der Waals surface area contributed by atoms with E-state index < -0.39 is 15.9 Å². The number of rotatable bonds is 9. The first kappa shape index (κ1) is 25.2. The lowest BCUT2D eigenvalue weighted by Gasteiger charge is -2.44. The van der Waals surface area contributed by atoms with Crippen molar-refractivity contribution in [1.82, 2.24) is 4.90 Å². The SMILES string of the molecule is NC(=O)c1c(C=O)cccc1NS(=O)(=O)CC1CN(C(c2ccc(Cl)cc2)c2ccc(Cl)cc2)C1. The lowest BCUT2D eigenvalue weighted by molar-refractivity contribution is 0.0813. The molecule has 0 bridgehead atoms. The first-order valence-corrected chi connectivity index (χ1v) is 13.2. The molecule has 0 spiro atoms. The molecule has 1 amide bonds. The predicted molar refractivity (Wildman–Crippen MR) is 138 cm³/mol. The van der Waals surface area contributed by atoms with Crippen LogP contribution in [0, 0.1) is 5.92 Å². The number of carbonyl (C=O) groups is 2. The summed E-state index contributed by atoms with van der Waals surface area (Å²) in [7, 11) is -3.80. The Morgan fingerprint density at radius 1 is 1.00 bits per heavy atom. The summed E-state index contributed by atoms with van der Waals surface area (Å²) >= 11 is 12.1. The predicted octanol–water partition coefficient (Wildman–Crippen LogP) is 4.37. The number of halogens is 2. The Bertz CT molecular complexity index is 1290. The summed E-state index contributed by atoms with van der Waals surface area (Å²) in [5.74, 6) is -1.14. The third-order valence-electron chi connectivity index (χ3n) is 5.91. The van der Waals surface area contributed by atoms with Crippen LogP contribution in [0.1, 0.15) is 37.9 Å². The number of aldehydes is 1. The Labute approximate surface area is 213 Å². The van der Waals surface area contributed by atoms with E-state index in [-0.39, 0.29) is 34.5 Å². The molecule has 3 aromatic rings. The maximum atomic E-state index is 12.9. The number of primary amides is 1. The molecule has 35 heavy (non-hydrogen) atoms. The van der Waals surface area contributed by atoms with Crippen molar-refractivity contribution < 1.29 is 18.0 Å². The zero-order valence-corrected chi connectivity index (χ0v) is 20.9. The molecule has 0 aromatic heterocycles. The fourth-order valence-electron chi connectivity index (χ4n) is 4.38. The van der Waals surface area contributed by atoms with Crippen molar-refractivity contribution in [3.05, 3.63) is 99.0 Å². The average molecular weight is 532 g/mol. The van der Waals surface area contributed by atoms with Gasteiger partial charge >= 0.3 is 0 Å². The van der Waals surface area contributed by atoms with E-state index in [1.165, 1.54) is 18.2 Å². The van der Waals surface area contributed by atoms with Crippen molar-refractivity contribution in [2.75, 3.05) is 23.6 Å². The van der Waals surface area contributed by atoms with Crippen LogP contribution in [0.5, 0.6) is 0 Å². The van der Waals surface area contributed by atoms with Gasteiger partial charge in [0.2, 0.25) is 10.0 Å². The number of hydrogen-bond donors (Lipinski definition) is 2. The number of amides is 1. The monoisotopic (exact) mass is 531 g/mol. The van der Waals surface area contributed by atoms with Crippen LogP contribution in [-0.4, -0.2) is 44.4 Å². The molecule has 10 heteroatoms. The third kappa shape index (κ3) is 5.85. The zero-order chi connectivity index (χ0) is 25.2. The zero-order valence-electron chi connectivity index (χ0n) is 18.5. The summed E-state index contributed by atoms with van der Waals surface area (Å²) in [4.78, 5) is 25.2. The molecule has 1 fully saturated rings. The van der Waals surface area contributed by atoms with Crippen molar-refractivity contribution in [3.8, 4) is 0 Å². The second-order valence-corrected chi connectivity index (χ2v) is 11.1. The highest BCUT2D eigenvalue weighted by atomic mass is 35.5. The van der Waals surface area contributed by atoms with Gasteiger partial charge in [-0.3, -0.25) is 19.2 Å².